The third kappa shape index (κ3) is 5.46. The maximum atomic E-state index is 13.7. The highest BCUT2D eigenvalue weighted by Gasteiger charge is 2.32. The number of rotatable bonds is 5. The van der Waals surface area contributed by atoms with Crippen molar-refractivity contribution in [2.45, 2.75) is 24.1 Å². The van der Waals surface area contributed by atoms with E-state index in [1.807, 2.05) is 0 Å². The zero-order valence-electron chi connectivity index (χ0n) is 14.3. The molecule has 3 N–H and O–H groups in total. The summed E-state index contributed by atoms with van der Waals surface area (Å²) < 4.78 is 13.7. The quantitative estimate of drug-likeness (QED) is 0.655. The molecule has 1 fully saturated rings. The molecule has 0 bridgehead atoms. The molecule has 2 aliphatic rings. The Morgan fingerprint density at radius 3 is 2.85 bits per heavy atom. The average Bonchev–Trinajstić information content (AvgIpc) is 2.64. The summed E-state index contributed by atoms with van der Waals surface area (Å²) in [6, 6.07) is 5.94. The first-order valence-electron chi connectivity index (χ1n) is 8.45. The van der Waals surface area contributed by atoms with Crippen LogP contribution < -0.4 is 16.0 Å². The van der Waals surface area contributed by atoms with Gasteiger partial charge < -0.3 is 16.0 Å². The van der Waals surface area contributed by atoms with Crippen LogP contribution in [0.15, 0.2) is 35.9 Å². The predicted octanol–water partition coefficient (Wildman–Crippen LogP) is 1.43. The molecule has 5 nitrogen and oxygen atoms in total. The van der Waals surface area contributed by atoms with Crippen molar-refractivity contribution in [1.29, 1.82) is 0 Å². The molecular weight excluding hydrogens is 377 g/mol. The van der Waals surface area contributed by atoms with Gasteiger partial charge in [0.1, 0.15) is 11.9 Å². The van der Waals surface area contributed by atoms with Crippen LogP contribution in [0.4, 0.5) is 4.39 Å². The molecule has 0 aliphatic carbocycles. The van der Waals surface area contributed by atoms with Gasteiger partial charge in [-0.2, -0.15) is 0 Å². The van der Waals surface area contributed by atoms with E-state index in [0.29, 0.717) is 24.3 Å². The summed E-state index contributed by atoms with van der Waals surface area (Å²) in [6.45, 7) is 2.28. The second-order valence-corrected chi connectivity index (χ2v) is 7.45. The van der Waals surface area contributed by atoms with Gasteiger partial charge >= 0.3 is 0 Å². The summed E-state index contributed by atoms with van der Waals surface area (Å²) >= 11 is 1.41. The van der Waals surface area contributed by atoms with Crippen LogP contribution in [0.1, 0.15) is 12.0 Å². The highest BCUT2D eigenvalue weighted by Crippen LogP contribution is 2.23. The fourth-order valence-electron chi connectivity index (χ4n) is 2.90. The van der Waals surface area contributed by atoms with E-state index in [1.165, 1.54) is 23.4 Å². The normalized spacial score (nSPS) is 22.7. The van der Waals surface area contributed by atoms with E-state index >= 15 is 0 Å². The Morgan fingerprint density at radius 2 is 2.15 bits per heavy atom. The lowest BCUT2D eigenvalue weighted by atomic mass is 10.1. The van der Waals surface area contributed by atoms with Crippen LogP contribution in [0.25, 0.3) is 0 Å². The van der Waals surface area contributed by atoms with Crippen LogP contribution in [0, 0.1) is 5.82 Å². The monoisotopic (exact) mass is 399 g/mol. The largest absolute Gasteiger partial charge is 0.351 e. The highest BCUT2D eigenvalue weighted by molar-refractivity contribution is 8.00. The minimum absolute atomic E-state index is 0. The molecule has 142 valence electrons. The molecule has 2 aliphatic heterocycles. The molecule has 0 radical (unpaired) electrons. The standard InChI is InChI=1S/C18H22FN3O2S.ClH/c19-14-4-2-1-3-13(14)9-16-18(24)22-15(11-25-16)17(23)21-10-12-5-7-20-8-6-12;/h1-5,15-16,20H,6-11H2,(H,21,23)(H,22,24);1H. The highest BCUT2D eigenvalue weighted by atomic mass is 35.5. The zero-order chi connectivity index (χ0) is 17.6. The number of halogens is 2. The van der Waals surface area contributed by atoms with Crippen molar-refractivity contribution in [2.75, 3.05) is 25.4 Å². The minimum Gasteiger partial charge on any atom is -0.351 e. The second kappa shape index (κ2) is 9.94. The summed E-state index contributed by atoms with van der Waals surface area (Å²) in [5.41, 5.74) is 1.73. The summed E-state index contributed by atoms with van der Waals surface area (Å²) in [7, 11) is 0. The number of hydrogen-bond acceptors (Lipinski definition) is 4. The Balaban J connectivity index is 0.00000243. The molecule has 1 aromatic carbocycles. The van der Waals surface area contributed by atoms with Crippen LogP contribution in [0.5, 0.6) is 0 Å². The van der Waals surface area contributed by atoms with Gasteiger partial charge in [-0.25, -0.2) is 4.39 Å². The molecule has 2 heterocycles. The maximum absolute atomic E-state index is 13.7. The Morgan fingerprint density at radius 1 is 1.35 bits per heavy atom. The number of amides is 2. The fourth-order valence-corrected chi connectivity index (χ4v) is 4.08. The van der Waals surface area contributed by atoms with Crippen molar-refractivity contribution in [3.63, 3.8) is 0 Å². The summed E-state index contributed by atoms with van der Waals surface area (Å²) in [5, 5.41) is 8.52. The van der Waals surface area contributed by atoms with Crippen LogP contribution >= 0.6 is 24.2 Å². The summed E-state index contributed by atoms with van der Waals surface area (Å²) in [4.78, 5) is 24.5. The molecule has 3 rings (SSSR count). The van der Waals surface area contributed by atoms with Crippen LogP contribution in [0.2, 0.25) is 0 Å². The molecule has 2 atom stereocenters. The summed E-state index contributed by atoms with van der Waals surface area (Å²) in [6.07, 6.45) is 3.34. The van der Waals surface area contributed by atoms with Gasteiger partial charge in [0.25, 0.3) is 0 Å². The van der Waals surface area contributed by atoms with E-state index in [1.54, 1.807) is 18.2 Å². The van der Waals surface area contributed by atoms with E-state index in [-0.39, 0.29) is 35.3 Å². The first kappa shape index (κ1) is 20.7. The minimum atomic E-state index is -0.531. The van der Waals surface area contributed by atoms with E-state index in [9.17, 15) is 14.0 Å². The Bertz CT molecular complexity index is 686. The molecule has 0 saturated carbocycles. The van der Waals surface area contributed by atoms with E-state index in [4.69, 9.17) is 0 Å². The van der Waals surface area contributed by atoms with Gasteiger partial charge in [-0.1, -0.05) is 29.8 Å². The third-order valence-electron chi connectivity index (χ3n) is 4.40. The molecule has 0 spiro atoms. The van der Waals surface area contributed by atoms with E-state index in [0.717, 1.165) is 19.5 Å². The smallest absolute Gasteiger partial charge is 0.243 e. The van der Waals surface area contributed by atoms with Gasteiger partial charge in [0, 0.05) is 18.8 Å². The predicted molar refractivity (Wildman–Crippen MR) is 104 cm³/mol. The van der Waals surface area contributed by atoms with Gasteiger partial charge in [0.05, 0.1) is 5.25 Å². The molecule has 1 saturated heterocycles. The Labute approximate surface area is 163 Å². The third-order valence-corrected chi connectivity index (χ3v) is 5.71. The van der Waals surface area contributed by atoms with Gasteiger partial charge in [-0.15, -0.1) is 24.2 Å². The lowest BCUT2D eigenvalue weighted by Gasteiger charge is -2.28. The number of nitrogens with one attached hydrogen (secondary N) is 3. The van der Waals surface area contributed by atoms with Crippen molar-refractivity contribution >= 4 is 36.0 Å². The van der Waals surface area contributed by atoms with Gasteiger partial charge in [0.15, 0.2) is 0 Å². The number of benzene rings is 1. The Hall–Kier alpha value is -1.57. The first-order chi connectivity index (χ1) is 12.1. The van der Waals surface area contributed by atoms with Crippen LogP contribution in [-0.2, 0) is 16.0 Å². The van der Waals surface area contributed by atoms with Crippen molar-refractivity contribution in [1.82, 2.24) is 16.0 Å². The van der Waals surface area contributed by atoms with E-state index in [2.05, 4.69) is 22.0 Å². The fraction of sp³-hybridized carbons (Fsp3) is 0.444. The molecule has 2 unspecified atom stereocenters. The molecule has 8 heteroatoms. The summed E-state index contributed by atoms with van der Waals surface area (Å²) in [5.74, 6) is -0.173. The first-order valence-corrected chi connectivity index (χ1v) is 9.50. The van der Waals surface area contributed by atoms with Crippen molar-refractivity contribution < 1.29 is 14.0 Å². The van der Waals surface area contributed by atoms with Gasteiger partial charge in [-0.3, -0.25) is 9.59 Å². The number of carbonyl (C=O) groups excluding carboxylic acids is 2. The van der Waals surface area contributed by atoms with Crippen molar-refractivity contribution in [3.8, 4) is 0 Å². The SMILES string of the molecule is Cl.O=C(NCC1=CCNCC1)C1CSC(Cc2ccccc2F)C(=O)N1. The lowest BCUT2D eigenvalue weighted by molar-refractivity contribution is -0.128. The molecule has 0 aromatic heterocycles. The van der Waals surface area contributed by atoms with Crippen molar-refractivity contribution in [2.24, 2.45) is 0 Å². The topological polar surface area (TPSA) is 70.2 Å². The van der Waals surface area contributed by atoms with Crippen LogP contribution in [0.3, 0.4) is 0 Å². The van der Waals surface area contributed by atoms with E-state index < -0.39 is 6.04 Å². The number of thioether (sulfide) groups is 1. The molecule has 2 amide bonds. The second-order valence-electron chi connectivity index (χ2n) is 6.21. The van der Waals surface area contributed by atoms with Crippen LogP contribution in [-0.4, -0.2) is 48.5 Å². The molecular formula is C18H23ClFN3O2S. The Kier molecular flexibility index (Phi) is 7.93. The number of carbonyl (C=O) groups is 2. The average molecular weight is 400 g/mol. The van der Waals surface area contributed by atoms with Gasteiger partial charge in [0.2, 0.25) is 11.8 Å². The maximum Gasteiger partial charge on any atom is 0.243 e. The molecule has 1 aromatic rings. The number of hydrogen-bond donors (Lipinski definition) is 3. The lowest BCUT2D eigenvalue weighted by Crippen LogP contribution is -2.54. The van der Waals surface area contributed by atoms with Crippen molar-refractivity contribution in [3.05, 3.63) is 47.3 Å². The molecule has 26 heavy (non-hydrogen) atoms. The zero-order valence-corrected chi connectivity index (χ0v) is 15.9. The van der Waals surface area contributed by atoms with Gasteiger partial charge in [-0.05, 0) is 31.0 Å².